The molecule has 1 fully saturated rings. The number of hydrogen-bond donors (Lipinski definition) is 1. The Kier molecular flexibility index (Phi) is 3.59. The number of nitrogens with zero attached hydrogens (tertiary/aromatic N) is 2. The third-order valence-corrected chi connectivity index (χ3v) is 4.27. The van der Waals surface area contributed by atoms with Crippen molar-refractivity contribution in [1.29, 1.82) is 0 Å². The van der Waals surface area contributed by atoms with Crippen LogP contribution in [0.15, 0.2) is 30.7 Å². The van der Waals surface area contributed by atoms with Crippen molar-refractivity contribution in [3.8, 4) is 17.2 Å². The van der Waals surface area contributed by atoms with Crippen LogP contribution in [0.25, 0.3) is 5.69 Å². The van der Waals surface area contributed by atoms with E-state index in [2.05, 4.69) is 21.8 Å². The lowest BCUT2D eigenvalue weighted by Crippen LogP contribution is -2.27. The minimum Gasteiger partial charge on any atom is -0.497 e. The number of imidazole rings is 1. The van der Waals surface area contributed by atoms with Gasteiger partial charge in [0.25, 0.3) is 0 Å². The van der Waals surface area contributed by atoms with Gasteiger partial charge in [-0.3, -0.25) is 4.57 Å². The normalized spacial score (nSPS) is 21.5. The molecule has 1 unspecified atom stereocenters. The van der Waals surface area contributed by atoms with Gasteiger partial charge >= 0.3 is 0 Å². The van der Waals surface area contributed by atoms with Gasteiger partial charge in [-0.25, -0.2) is 4.98 Å². The van der Waals surface area contributed by atoms with Crippen LogP contribution < -0.4 is 14.8 Å². The summed E-state index contributed by atoms with van der Waals surface area (Å²) in [5, 5.41) is 3.43. The Hall–Kier alpha value is -2.01. The fraction of sp³-hybridized carbons (Fsp3) is 0.438. The predicted octanol–water partition coefficient (Wildman–Crippen LogP) is 2.14. The summed E-state index contributed by atoms with van der Waals surface area (Å²) in [6.45, 7) is 4.27. The lowest BCUT2D eigenvalue weighted by atomic mass is 9.86. The molecule has 2 heterocycles. The molecular formula is C16H21N3O2. The standard InChI is InChI=1S/C16H21N3O2/c1-16(6-7-17-10-16)15-9-18-11-19(15)13-8-12(20-2)4-5-14(13)21-3/h4-5,8-9,11,17H,6-7,10H2,1-3H3. The van der Waals surface area contributed by atoms with Crippen molar-refractivity contribution in [3.63, 3.8) is 0 Å². The smallest absolute Gasteiger partial charge is 0.143 e. The summed E-state index contributed by atoms with van der Waals surface area (Å²) in [5.74, 6) is 1.62. The molecule has 1 atom stereocenters. The zero-order chi connectivity index (χ0) is 14.9. The average Bonchev–Trinajstić information content (AvgIpc) is 3.16. The molecule has 1 aromatic carbocycles. The third kappa shape index (κ3) is 2.38. The lowest BCUT2D eigenvalue weighted by molar-refractivity contribution is 0.400. The molecule has 0 bridgehead atoms. The fourth-order valence-electron chi connectivity index (χ4n) is 2.95. The lowest BCUT2D eigenvalue weighted by Gasteiger charge is -2.25. The Morgan fingerprint density at radius 2 is 2.14 bits per heavy atom. The van der Waals surface area contributed by atoms with Gasteiger partial charge in [-0.1, -0.05) is 6.92 Å². The zero-order valence-electron chi connectivity index (χ0n) is 12.7. The second-order valence-corrected chi connectivity index (χ2v) is 5.67. The van der Waals surface area contributed by atoms with Crippen LogP contribution in [0.3, 0.4) is 0 Å². The highest BCUT2D eigenvalue weighted by molar-refractivity contribution is 5.52. The number of hydrogen-bond acceptors (Lipinski definition) is 4. The Morgan fingerprint density at radius 3 is 2.81 bits per heavy atom. The summed E-state index contributed by atoms with van der Waals surface area (Å²) in [7, 11) is 3.35. The van der Waals surface area contributed by atoms with E-state index in [1.54, 1.807) is 14.2 Å². The van der Waals surface area contributed by atoms with Crippen LogP contribution in [0.2, 0.25) is 0 Å². The molecule has 0 spiro atoms. The topological polar surface area (TPSA) is 48.3 Å². The molecule has 0 saturated carbocycles. The van der Waals surface area contributed by atoms with Gasteiger partial charge in [-0.2, -0.15) is 0 Å². The van der Waals surface area contributed by atoms with Crippen molar-refractivity contribution >= 4 is 0 Å². The van der Waals surface area contributed by atoms with Crippen LogP contribution >= 0.6 is 0 Å². The Bertz CT molecular complexity index is 630. The van der Waals surface area contributed by atoms with E-state index in [0.717, 1.165) is 36.7 Å². The molecule has 0 amide bonds. The highest BCUT2D eigenvalue weighted by Crippen LogP contribution is 2.35. The number of nitrogens with one attached hydrogen (secondary N) is 1. The zero-order valence-corrected chi connectivity index (χ0v) is 12.7. The Labute approximate surface area is 124 Å². The highest BCUT2D eigenvalue weighted by atomic mass is 16.5. The molecule has 1 saturated heterocycles. The summed E-state index contributed by atoms with van der Waals surface area (Å²) in [4.78, 5) is 4.36. The van der Waals surface area contributed by atoms with Crippen LogP contribution in [0.1, 0.15) is 19.0 Å². The van der Waals surface area contributed by atoms with Gasteiger partial charge in [-0.15, -0.1) is 0 Å². The van der Waals surface area contributed by atoms with Crippen LogP contribution in [-0.4, -0.2) is 36.9 Å². The summed E-state index contributed by atoms with van der Waals surface area (Å²) < 4.78 is 12.9. The summed E-state index contributed by atoms with van der Waals surface area (Å²) in [6, 6.07) is 5.81. The van der Waals surface area contributed by atoms with Crippen molar-refractivity contribution in [2.75, 3.05) is 27.3 Å². The molecular weight excluding hydrogens is 266 g/mol. The Balaban J connectivity index is 2.11. The molecule has 1 aromatic heterocycles. The van der Waals surface area contributed by atoms with E-state index in [1.165, 1.54) is 5.69 Å². The van der Waals surface area contributed by atoms with Crippen LogP contribution in [0, 0.1) is 0 Å². The van der Waals surface area contributed by atoms with E-state index in [4.69, 9.17) is 9.47 Å². The van der Waals surface area contributed by atoms with Crippen molar-refractivity contribution in [2.45, 2.75) is 18.8 Å². The van der Waals surface area contributed by atoms with E-state index < -0.39 is 0 Å². The molecule has 1 N–H and O–H groups in total. The van der Waals surface area contributed by atoms with E-state index in [1.807, 2.05) is 30.7 Å². The van der Waals surface area contributed by atoms with Crippen LogP contribution in [-0.2, 0) is 5.41 Å². The van der Waals surface area contributed by atoms with E-state index in [-0.39, 0.29) is 5.41 Å². The third-order valence-electron chi connectivity index (χ3n) is 4.27. The van der Waals surface area contributed by atoms with Crippen molar-refractivity contribution in [1.82, 2.24) is 14.9 Å². The molecule has 0 aliphatic carbocycles. The second-order valence-electron chi connectivity index (χ2n) is 5.67. The molecule has 5 heteroatoms. The number of benzene rings is 1. The Morgan fingerprint density at radius 1 is 1.29 bits per heavy atom. The van der Waals surface area contributed by atoms with Gasteiger partial charge in [0.2, 0.25) is 0 Å². The second kappa shape index (κ2) is 5.41. The van der Waals surface area contributed by atoms with E-state index in [9.17, 15) is 0 Å². The van der Waals surface area contributed by atoms with Gasteiger partial charge in [0.05, 0.1) is 26.2 Å². The molecule has 3 rings (SSSR count). The molecule has 5 nitrogen and oxygen atoms in total. The largest absolute Gasteiger partial charge is 0.497 e. The van der Waals surface area contributed by atoms with Gasteiger partial charge < -0.3 is 14.8 Å². The first-order valence-electron chi connectivity index (χ1n) is 7.14. The average molecular weight is 287 g/mol. The quantitative estimate of drug-likeness (QED) is 0.936. The highest BCUT2D eigenvalue weighted by Gasteiger charge is 2.34. The van der Waals surface area contributed by atoms with Crippen molar-refractivity contribution < 1.29 is 9.47 Å². The first kappa shape index (κ1) is 13.9. The molecule has 21 heavy (non-hydrogen) atoms. The minimum atomic E-state index is 0.0879. The monoisotopic (exact) mass is 287 g/mol. The predicted molar refractivity (Wildman–Crippen MR) is 81.5 cm³/mol. The van der Waals surface area contributed by atoms with Crippen molar-refractivity contribution in [2.24, 2.45) is 0 Å². The molecule has 1 aliphatic rings. The van der Waals surface area contributed by atoms with Gasteiger partial charge in [0, 0.05) is 29.9 Å². The van der Waals surface area contributed by atoms with Gasteiger partial charge in [-0.05, 0) is 25.1 Å². The molecule has 0 radical (unpaired) electrons. The van der Waals surface area contributed by atoms with E-state index >= 15 is 0 Å². The SMILES string of the molecule is COc1ccc(OC)c(-n2cncc2C2(C)CCNC2)c1. The minimum absolute atomic E-state index is 0.0879. The van der Waals surface area contributed by atoms with E-state index in [0.29, 0.717) is 0 Å². The number of rotatable bonds is 4. The maximum absolute atomic E-state index is 5.50. The van der Waals surface area contributed by atoms with Crippen LogP contribution in [0.4, 0.5) is 0 Å². The fourth-order valence-corrected chi connectivity index (χ4v) is 2.95. The van der Waals surface area contributed by atoms with Crippen LogP contribution in [0.5, 0.6) is 11.5 Å². The number of aromatic nitrogens is 2. The summed E-state index contributed by atoms with van der Waals surface area (Å²) in [6.07, 6.45) is 4.90. The number of ether oxygens (including phenoxy) is 2. The van der Waals surface area contributed by atoms with Gasteiger partial charge in [0.15, 0.2) is 0 Å². The summed E-state index contributed by atoms with van der Waals surface area (Å²) >= 11 is 0. The molecule has 112 valence electrons. The maximum Gasteiger partial charge on any atom is 0.143 e. The maximum atomic E-state index is 5.50. The molecule has 2 aromatic rings. The van der Waals surface area contributed by atoms with Crippen molar-refractivity contribution in [3.05, 3.63) is 36.4 Å². The first-order valence-corrected chi connectivity index (χ1v) is 7.14. The van der Waals surface area contributed by atoms with Gasteiger partial charge in [0.1, 0.15) is 11.5 Å². The first-order chi connectivity index (χ1) is 10.2. The summed E-state index contributed by atoms with van der Waals surface area (Å²) in [5.41, 5.74) is 2.24. The number of methoxy groups -OCH3 is 2. The molecule has 1 aliphatic heterocycles.